The van der Waals surface area contributed by atoms with Crippen LogP contribution in [0.2, 0.25) is 0 Å². The zero-order chi connectivity index (χ0) is 14.6. The molecule has 0 saturated carbocycles. The number of nitrogens with two attached hydrogens (primary N) is 1. The van der Waals surface area contributed by atoms with Gasteiger partial charge in [-0.25, -0.2) is 10.9 Å². The first kappa shape index (κ1) is 14.8. The van der Waals surface area contributed by atoms with Gasteiger partial charge in [0.25, 0.3) is 5.91 Å². The molecule has 0 spiro atoms. The summed E-state index contributed by atoms with van der Waals surface area (Å²) in [5.41, 5.74) is 0.373. The van der Waals surface area contributed by atoms with E-state index in [0.717, 1.165) is 5.01 Å². The third-order valence-corrected chi connectivity index (χ3v) is 2.65. The SMILES string of the molecule is COc1ccc(N(N)C(=O)C(C(C)=O)C(C)=O)cc1. The maximum Gasteiger partial charge on any atom is 0.259 e. The van der Waals surface area contributed by atoms with E-state index in [9.17, 15) is 14.4 Å². The highest BCUT2D eigenvalue weighted by Gasteiger charge is 2.31. The predicted octanol–water partition coefficient (Wildman–Crippen LogP) is 0.696. The Bertz CT molecular complexity index is 482. The number of methoxy groups -OCH3 is 1. The third-order valence-electron chi connectivity index (χ3n) is 2.65. The van der Waals surface area contributed by atoms with Crippen molar-refractivity contribution in [1.29, 1.82) is 0 Å². The maximum absolute atomic E-state index is 12.0. The van der Waals surface area contributed by atoms with Crippen LogP contribution in [0.25, 0.3) is 0 Å². The van der Waals surface area contributed by atoms with Gasteiger partial charge in [-0.15, -0.1) is 0 Å². The highest BCUT2D eigenvalue weighted by Crippen LogP contribution is 2.19. The van der Waals surface area contributed by atoms with Gasteiger partial charge in [0, 0.05) is 0 Å². The highest BCUT2D eigenvalue weighted by molar-refractivity contribution is 6.21. The Kier molecular flexibility index (Phi) is 4.77. The molecule has 0 aliphatic carbocycles. The van der Waals surface area contributed by atoms with E-state index >= 15 is 0 Å². The van der Waals surface area contributed by atoms with Crippen LogP contribution in [0.15, 0.2) is 24.3 Å². The third kappa shape index (κ3) is 3.38. The fourth-order valence-electron chi connectivity index (χ4n) is 1.64. The summed E-state index contributed by atoms with van der Waals surface area (Å²) in [5.74, 6) is 3.10. The van der Waals surface area contributed by atoms with Crippen LogP contribution in [-0.2, 0) is 14.4 Å². The van der Waals surface area contributed by atoms with E-state index < -0.39 is 23.4 Å². The summed E-state index contributed by atoms with van der Waals surface area (Å²) in [6.07, 6.45) is 0. The number of hydrogen-bond acceptors (Lipinski definition) is 5. The number of anilines is 1. The molecule has 102 valence electrons. The van der Waals surface area contributed by atoms with Gasteiger partial charge in [-0.1, -0.05) is 0 Å². The number of carbonyl (C=O) groups is 3. The molecule has 0 unspecified atom stereocenters. The molecular formula is C13H16N2O4. The van der Waals surface area contributed by atoms with E-state index in [-0.39, 0.29) is 0 Å². The minimum atomic E-state index is -1.35. The number of ether oxygens (including phenoxy) is 1. The fourth-order valence-corrected chi connectivity index (χ4v) is 1.64. The molecule has 1 rings (SSSR count). The molecule has 0 radical (unpaired) electrons. The Morgan fingerprint density at radius 3 is 1.95 bits per heavy atom. The van der Waals surface area contributed by atoms with Crippen LogP contribution in [0, 0.1) is 5.92 Å². The van der Waals surface area contributed by atoms with Crippen LogP contribution < -0.4 is 15.6 Å². The van der Waals surface area contributed by atoms with Crippen molar-refractivity contribution in [2.75, 3.05) is 12.1 Å². The van der Waals surface area contributed by atoms with Crippen LogP contribution in [0.5, 0.6) is 5.75 Å². The number of nitrogens with zero attached hydrogens (tertiary/aromatic N) is 1. The van der Waals surface area contributed by atoms with Crippen molar-refractivity contribution in [3.05, 3.63) is 24.3 Å². The Morgan fingerprint density at radius 2 is 1.58 bits per heavy atom. The summed E-state index contributed by atoms with van der Waals surface area (Å²) in [7, 11) is 1.52. The van der Waals surface area contributed by atoms with Crippen molar-refractivity contribution in [3.63, 3.8) is 0 Å². The fraction of sp³-hybridized carbons (Fsp3) is 0.308. The zero-order valence-corrected chi connectivity index (χ0v) is 11.0. The van der Waals surface area contributed by atoms with Gasteiger partial charge < -0.3 is 4.74 Å². The van der Waals surface area contributed by atoms with Gasteiger partial charge >= 0.3 is 0 Å². The van der Waals surface area contributed by atoms with Crippen molar-refractivity contribution in [2.45, 2.75) is 13.8 Å². The second-order valence-electron chi connectivity index (χ2n) is 4.06. The maximum atomic E-state index is 12.0. The lowest BCUT2D eigenvalue weighted by Gasteiger charge is -2.20. The average molecular weight is 264 g/mol. The molecule has 0 aliphatic heterocycles. The van der Waals surface area contributed by atoms with Gasteiger partial charge in [-0.3, -0.25) is 14.4 Å². The number of Topliss-reactive ketones (excluding diaryl/α,β-unsaturated/α-hetero) is 2. The van der Waals surface area contributed by atoms with Gasteiger partial charge in [0.1, 0.15) is 17.3 Å². The number of rotatable bonds is 5. The van der Waals surface area contributed by atoms with E-state index in [0.29, 0.717) is 11.4 Å². The molecule has 6 nitrogen and oxygen atoms in total. The number of hydrogen-bond donors (Lipinski definition) is 1. The normalized spacial score (nSPS) is 10.2. The first-order chi connectivity index (χ1) is 8.88. The van der Waals surface area contributed by atoms with Crippen LogP contribution in [0.1, 0.15) is 13.8 Å². The second kappa shape index (κ2) is 6.10. The minimum Gasteiger partial charge on any atom is -0.497 e. The highest BCUT2D eigenvalue weighted by atomic mass is 16.5. The molecule has 0 aliphatic rings. The lowest BCUT2D eigenvalue weighted by molar-refractivity contribution is -0.138. The Morgan fingerprint density at radius 1 is 1.11 bits per heavy atom. The van der Waals surface area contributed by atoms with Crippen LogP contribution in [0.4, 0.5) is 5.69 Å². The molecule has 19 heavy (non-hydrogen) atoms. The molecule has 0 saturated heterocycles. The molecule has 2 N–H and O–H groups in total. The molecule has 6 heteroatoms. The number of benzene rings is 1. The van der Waals surface area contributed by atoms with E-state index in [1.165, 1.54) is 21.0 Å². The average Bonchev–Trinajstić information content (AvgIpc) is 2.37. The Balaban J connectivity index is 2.97. The van der Waals surface area contributed by atoms with Gasteiger partial charge in [0.15, 0.2) is 5.92 Å². The molecule has 1 aromatic rings. The first-order valence-corrected chi connectivity index (χ1v) is 5.62. The number of hydrazine groups is 1. The summed E-state index contributed by atoms with van der Waals surface area (Å²) in [5, 5.41) is 0.799. The number of ketones is 2. The van der Waals surface area contributed by atoms with Crippen molar-refractivity contribution in [2.24, 2.45) is 11.8 Å². The standard InChI is InChI=1S/C13H16N2O4/c1-8(16)12(9(2)17)13(18)15(14)10-4-6-11(19-3)7-5-10/h4-7,12H,14H2,1-3H3. The summed E-state index contributed by atoms with van der Waals surface area (Å²) < 4.78 is 4.98. The number of carbonyl (C=O) groups excluding carboxylic acids is 3. The number of amides is 1. The van der Waals surface area contributed by atoms with Crippen LogP contribution in [0.3, 0.4) is 0 Å². The van der Waals surface area contributed by atoms with Gasteiger partial charge in [-0.2, -0.15) is 0 Å². The van der Waals surface area contributed by atoms with E-state index in [2.05, 4.69) is 0 Å². The monoisotopic (exact) mass is 264 g/mol. The minimum absolute atomic E-state index is 0.373. The topological polar surface area (TPSA) is 89.7 Å². The zero-order valence-electron chi connectivity index (χ0n) is 11.0. The van der Waals surface area contributed by atoms with Crippen molar-refractivity contribution < 1.29 is 19.1 Å². The van der Waals surface area contributed by atoms with Crippen LogP contribution in [-0.4, -0.2) is 24.6 Å². The Hall–Kier alpha value is -2.21. The summed E-state index contributed by atoms with van der Waals surface area (Å²) in [6.45, 7) is 2.37. The van der Waals surface area contributed by atoms with E-state index in [4.69, 9.17) is 10.6 Å². The van der Waals surface area contributed by atoms with Gasteiger partial charge in [0.2, 0.25) is 0 Å². The molecule has 0 fully saturated rings. The largest absolute Gasteiger partial charge is 0.497 e. The molecular weight excluding hydrogens is 248 g/mol. The molecule has 1 aromatic carbocycles. The molecule has 1 amide bonds. The molecule has 0 atom stereocenters. The van der Waals surface area contributed by atoms with Crippen LogP contribution >= 0.6 is 0 Å². The summed E-state index contributed by atoms with van der Waals surface area (Å²) in [4.78, 5) is 34.6. The van der Waals surface area contributed by atoms with E-state index in [1.54, 1.807) is 24.3 Å². The van der Waals surface area contributed by atoms with Crippen molar-refractivity contribution in [1.82, 2.24) is 0 Å². The summed E-state index contributed by atoms with van der Waals surface area (Å²) >= 11 is 0. The lowest BCUT2D eigenvalue weighted by Crippen LogP contribution is -2.46. The van der Waals surface area contributed by atoms with Crippen molar-refractivity contribution >= 4 is 23.2 Å². The second-order valence-corrected chi connectivity index (χ2v) is 4.06. The molecule has 0 heterocycles. The molecule has 0 aromatic heterocycles. The van der Waals surface area contributed by atoms with E-state index in [1.807, 2.05) is 0 Å². The smallest absolute Gasteiger partial charge is 0.259 e. The lowest BCUT2D eigenvalue weighted by atomic mass is 9.99. The predicted molar refractivity (Wildman–Crippen MR) is 69.5 cm³/mol. The first-order valence-electron chi connectivity index (χ1n) is 5.62. The Labute approximate surface area is 111 Å². The quantitative estimate of drug-likeness (QED) is 0.366. The van der Waals surface area contributed by atoms with Gasteiger partial charge in [-0.05, 0) is 38.1 Å². The molecule has 0 bridgehead atoms. The van der Waals surface area contributed by atoms with Gasteiger partial charge in [0.05, 0.1) is 12.8 Å². The summed E-state index contributed by atoms with van der Waals surface area (Å²) in [6, 6.07) is 6.38. The van der Waals surface area contributed by atoms with Crippen molar-refractivity contribution in [3.8, 4) is 5.75 Å².